The molecule has 0 amide bonds. The lowest BCUT2D eigenvalue weighted by atomic mass is 9.70. The van der Waals surface area contributed by atoms with E-state index in [1.54, 1.807) is 0 Å². The van der Waals surface area contributed by atoms with Gasteiger partial charge in [-0.25, -0.2) is 0 Å². The fraction of sp³-hybridized carbons (Fsp3) is 0.684. The zero-order valence-electron chi connectivity index (χ0n) is 13.5. The van der Waals surface area contributed by atoms with Crippen LogP contribution in [0.1, 0.15) is 50.2 Å². The Labute approximate surface area is 125 Å². The lowest BCUT2D eigenvalue weighted by Crippen LogP contribution is -2.33. The molecule has 1 nitrogen and oxygen atoms in total. The Bertz CT molecular complexity index is 399. The minimum atomic E-state index is 0.869. The first-order chi connectivity index (χ1) is 9.72. The Morgan fingerprint density at radius 3 is 2.75 bits per heavy atom. The molecular formula is C19H31N. The van der Waals surface area contributed by atoms with Gasteiger partial charge in [-0.15, -0.1) is 0 Å². The summed E-state index contributed by atoms with van der Waals surface area (Å²) < 4.78 is 0. The van der Waals surface area contributed by atoms with Crippen molar-refractivity contribution in [2.45, 2.75) is 52.4 Å². The van der Waals surface area contributed by atoms with Gasteiger partial charge in [0.05, 0.1) is 0 Å². The van der Waals surface area contributed by atoms with Gasteiger partial charge in [0.1, 0.15) is 0 Å². The van der Waals surface area contributed by atoms with Crippen molar-refractivity contribution in [3.8, 4) is 0 Å². The molecule has 3 atom stereocenters. The number of aryl methyl sites for hydroxylation is 1. The van der Waals surface area contributed by atoms with Crippen molar-refractivity contribution in [2.24, 2.45) is 17.8 Å². The molecule has 1 aliphatic rings. The van der Waals surface area contributed by atoms with E-state index in [1.165, 1.54) is 56.2 Å². The van der Waals surface area contributed by atoms with Crippen LogP contribution in [-0.2, 0) is 6.42 Å². The molecule has 0 aliphatic heterocycles. The molecule has 1 heteroatoms. The summed E-state index contributed by atoms with van der Waals surface area (Å²) >= 11 is 0. The van der Waals surface area contributed by atoms with Gasteiger partial charge in [0.2, 0.25) is 0 Å². The number of nitrogens with one attached hydrogen (secondary N) is 1. The van der Waals surface area contributed by atoms with E-state index in [0.717, 1.165) is 17.8 Å². The van der Waals surface area contributed by atoms with E-state index >= 15 is 0 Å². The number of hydrogen-bond acceptors (Lipinski definition) is 1. The highest BCUT2D eigenvalue weighted by Crippen LogP contribution is 2.37. The molecule has 1 aliphatic carbocycles. The van der Waals surface area contributed by atoms with Crippen molar-refractivity contribution in [1.82, 2.24) is 5.32 Å². The van der Waals surface area contributed by atoms with E-state index < -0.39 is 0 Å². The minimum absolute atomic E-state index is 0.869. The maximum atomic E-state index is 3.41. The molecule has 2 rings (SSSR count). The van der Waals surface area contributed by atoms with Gasteiger partial charge in [-0.2, -0.15) is 0 Å². The quantitative estimate of drug-likeness (QED) is 0.799. The normalized spacial score (nSPS) is 26.6. The molecule has 0 spiro atoms. The average Bonchev–Trinajstić information content (AvgIpc) is 2.42. The zero-order chi connectivity index (χ0) is 14.4. The summed E-state index contributed by atoms with van der Waals surface area (Å²) in [6.45, 7) is 5.72. The molecule has 1 N–H and O–H groups in total. The molecular weight excluding hydrogens is 242 g/mol. The number of rotatable bonds is 6. The van der Waals surface area contributed by atoms with E-state index in [4.69, 9.17) is 0 Å². The van der Waals surface area contributed by atoms with Crippen LogP contribution in [0.2, 0.25) is 0 Å². The second kappa shape index (κ2) is 7.83. The average molecular weight is 273 g/mol. The molecule has 1 aromatic carbocycles. The Morgan fingerprint density at radius 2 is 2.05 bits per heavy atom. The van der Waals surface area contributed by atoms with Crippen molar-refractivity contribution in [2.75, 3.05) is 13.6 Å². The summed E-state index contributed by atoms with van der Waals surface area (Å²) in [6.07, 6.45) is 8.35. The van der Waals surface area contributed by atoms with Crippen molar-refractivity contribution >= 4 is 0 Å². The first-order valence-electron chi connectivity index (χ1n) is 8.43. The first kappa shape index (κ1) is 15.6. The molecule has 0 bridgehead atoms. The van der Waals surface area contributed by atoms with Gasteiger partial charge in [-0.1, -0.05) is 56.0 Å². The highest BCUT2D eigenvalue weighted by molar-refractivity contribution is 5.22. The van der Waals surface area contributed by atoms with Gasteiger partial charge in [-0.05, 0) is 63.1 Å². The summed E-state index contributed by atoms with van der Waals surface area (Å²) in [6, 6.07) is 9.10. The SMILES string of the molecule is CCCC1CCC(CNC)C(Cc2cccc(C)c2)C1. The summed E-state index contributed by atoms with van der Waals surface area (Å²) in [5.41, 5.74) is 2.93. The van der Waals surface area contributed by atoms with Crippen LogP contribution in [0.5, 0.6) is 0 Å². The Morgan fingerprint density at radius 1 is 1.20 bits per heavy atom. The van der Waals surface area contributed by atoms with Gasteiger partial charge in [0, 0.05) is 0 Å². The van der Waals surface area contributed by atoms with Gasteiger partial charge in [0.25, 0.3) is 0 Å². The molecule has 1 fully saturated rings. The van der Waals surface area contributed by atoms with Crippen LogP contribution in [-0.4, -0.2) is 13.6 Å². The van der Waals surface area contributed by atoms with Crippen LogP contribution < -0.4 is 5.32 Å². The van der Waals surface area contributed by atoms with Crippen LogP contribution >= 0.6 is 0 Å². The molecule has 112 valence electrons. The summed E-state index contributed by atoms with van der Waals surface area (Å²) in [4.78, 5) is 0. The Balaban J connectivity index is 2.02. The first-order valence-corrected chi connectivity index (χ1v) is 8.43. The number of benzene rings is 1. The predicted molar refractivity (Wildman–Crippen MR) is 88.0 cm³/mol. The molecule has 1 saturated carbocycles. The monoisotopic (exact) mass is 273 g/mol. The lowest BCUT2D eigenvalue weighted by Gasteiger charge is -2.36. The predicted octanol–water partition coefficient (Wildman–Crippen LogP) is 4.59. The van der Waals surface area contributed by atoms with E-state index in [-0.39, 0.29) is 0 Å². The summed E-state index contributed by atoms with van der Waals surface area (Å²) in [7, 11) is 2.10. The maximum absolute atomic E-state index is 3.41. The van der Waals surface area contributed by atoms with Crippen LogP contribution in [0.15, 0.2) is 24.3 Å². The minimum Gasteiger partial charge on any atom is -0.319 e. The van der Waals surface area contributed by atoms with Crippen LogP contribution in [0.4, 0.5) is 0 Å². The molecule has 0 saturated heterocycles. The molecule has 20 heavy (non-hydrogen) atoms. The second-order valence-corrected chi connectivity index (χ2v) is 6.74. The van der Waals surface area contributed by atoms with Crippen molar-refractivity contribution < 1.29 is 0 Å². The highest BCUT2D eigenvalue weighted by atomic mass is 14.8. The van der Waals surface area contributed by atoms with Gasteiger partial charge in [-0.3, -0.25) is 0 Å². The zero-order valence-corrected chi connectivity index (χ0v) is 13.5. The smallest absolute Gasteiger partial charge is 0.00208 e. The second-order valence-electron chi connectivity index (χ2n) is 6.74. The maximum Gasteiger partial charge on any atom is -0.00208 e. The summed E-state index contributed by atoms with van der Waals surface area (Å²) in [5, 5.41) is 3.41. The third kappa shape index (κ3) is 4.34. The van der Waals surface area contributed by atoms with Gasteiger partial charge >= 0.3 is 0 Å². The van der Waals surface area contributed by atoms with Gasteiger partial charge in [0.15, 0.2) is 0 Å². The van der Waals surface area contributed by atoms with Crippen LogP contribution in [0.25, 0.3) is 0 Å². The molecule has 0 heterocycles. The van der Waals surface area contributed by atoms with E-state index in [1.807, 2.05) is 0 Å². The summed E-state index contributed by atoms with van der Waals surface area (Å²) in [5.74, 6) is 2.71. The molecule has 3 unspecified atom stereocenters. The van der Waals surface area contributed by atoms with Crippen LogP contribution in [0, 0.1) is 24.7 Å². The van der Waals surface area contributed by atoms with Crippen molar-refractivity contribution in [1.29, 1.82) is 0 Å². The highest BCUT2D eigenvalue weighted by Gasteiger charge is 2.29. The van der Waals surface area contributed by atoms with Crippen LogP contribution in [0.3, 0.4) is 0 Å². The molecule has 0 aromatic heterocycles. The number of hydrogen-bond donors (Lipinski definition) is 1. The van der Waals surface area contributed by atoms with E-state index in [9.17, 15) is 0 Å². The van der Waals surface area contributed by atoms with Crippen molar-refractivity contribution in [3.05, 3.63) is 35.4 Å². The lowest BCUT2D eigenvalue weighted by molar-refractivity contribution is 0.169. The Kier molecular flexibility index (Phi) is 6.09. The third-order valence-corrected chi connectivity index (χ3v) is 4.99. The molecule has 0 radical (unpaired) electrons. The van der Waals surface area contributed by atoms with E-state index in [2.05, 4.69) is 50.5 Å². The molecule has 1 aromatic rings. The fourth-order valence-electron chi connectivity index (χ4n) is 4.02. The standard InChI is InChI=1S/C19H31N/c1-4-6-16-9-10-18(14-20-3)19(12-16)13-17-8-5-7-15(2)11-17/h5,7-8,11,16,18-20H,4,6,9-10,12-14H2,1-3H3. The van der Waals surface area contributed by atoms with E-state index in [0.29, 0.717) is 0 Å². The fourth-order valence-corrected chi connectivity index (χ4v) is 4.02. The topological polar surface area (TPSA) is 12.0 Å². The third-order valence-electron chi connectivity index (χ3n) is 4.99. The largest absolute Gasteiger partial charge is 0.319 e. The van der Waals surface area contributed by atoms with Gasteiger partial charge < -0.3 is 5.32 Å². The van der Waals surface area contributed by atoms with Crippen molar-refractivity contribution in [3.63, 3.8) is 0 Å². The Hall–Kier alpha value is -0.820.